The van der Waals surface area contributed by atoms with Crippen molar-refractivity contribution in [2.75, 3.05) is 6.54 Å². The van der Waals surface area contributed by atoms with Gasteiger partial charge in [-0.3, -0.25) is 4.79 Å². The molecule has 0 radical (unpaired) electrons. The Labute approximate surface area is 147 Å². The van der Waals surface area contributed by atoms with E-state index in [9.17, 15) is 4.79 Å². The SMILES string of the molecule is O=C(c1cc(Br)ccc1-n1cnnn1)N1CCc2ccccc2C1. The van der Waals surface area contributed by atoms with Crippen molar-refractivity contribution in [3.8, 4) is 5.69 Å². The average Bonchev–Trinajstić information content (AvgIpc) is 3.15. The minimum Gasteiger partial charge on any atom is -0.334 e. The van der Waals surface area contributed by atoms with Gasteiger partial charge in [-0.1, -0.05) is 40.2 Å². The molecule has 24 heavy (non-hydrogen) atoms. The Balaban J connectivity index is 1.69. The van der Waals surface area contributed by atoms with Crippen LogP contribution >= 0.6 is 15.9 Å². The van der Waals surface area contributed by atoms with Crippen molar-refractivity contribution in [2.24, 2.45) is 0 Å². The summed E-state index contributed by atoms with van der Waals surface area (Å²) in [5.74, 6) is -0.0173. The molecular weight excluding hydrogens is 370 g/mol. The summed E-state index contributed by atoms with van der Waals surface area (Å²) in [5.41, 5.74) is 3.77. The van der Waals surface area contributed by atoms with Gasteiger partial charge in [-0.15, -0.1) is 5.10 Å². The van der Waals surface area contributed by atoms with Gasteiger partial charge < -0.3 is 4.90 Å². The number of rotatable bonds is 2. The molecule has 7 heteroatoms. The van der Waals surface area contributed by atoms with Gasteiger partial charge in [-0.25, -0.2) is 0 Å². The normalized spacial score (nSPS) is 13.6. The maximum Gasteiger partial charge on any atom is 0.256 e. The summed E-state index contributed by atoms with van der Waals surface area (Å²) in [6.07, 6.45) is 2.36. The van der Waals surface area contributed by atoms with E-state index >= 15 is 0 Å². The molecule has 0 atom stereocenters. The van der Waals surface area contributed by atoms with Gasteiger partial charge in [0, 0.05) is 17.6 Å². The first-order valence-electron chi connectivity index (χ1n) is 7.61. The molecule has 1 aliphatic rings. The molecule has 1 aromatic heterocycles. The van der Waals surface area contributed by atoms with Gasteiger partial charge in [0.1, 0.15) is 6.33 Å². The molecule has 120 valence electrons. The molecule has 2 heterocycles. The summed E-state index contributed by atoms with van der Waals surface area (Å²) < 4.78 is 2.36. The van der Waals surface area contributed by atoms with Gasteiger partial charge in [0.15, 0.2) is 0 Å². The Morgan fingerprint density at radius 3 is 2.75 bits per heavy atom. The zero-order valence-corrected chi connectivity index (χ0v) is 14.3. The molecule has 0 aliphatic carbocycles. The second-order valence-electron chi connectivity index (χ2n) is 5.66. The van der Waals surface area contributed by atoms with E-state index < -0.39 is 0 Å². The third-order valence-electron chi connectivity index (χ3n) is 4.20. The highest BCUT2D eigenvalue weighted by Gasteiger charge is 2.24. The van der Waals surface area contributed by atoms with Crippen LogP contribution in [0.4, 0.5) is 0 Å². The predicted molar refractivity (Wildman–Crippen MR) is 91.7 cm³/mol. The summed E-state index contributed by atoms with van der Waals surface area (Å²) in [4.78, 5) is 15.0. The topological polar surface area (TPSA) is 63.9 Å². The standard InChI is InChI=1S/C17H14BrN5O/c18-14-5-6-16(23-11-19-20-21-23)15(9-14)17(24)22-8-7-12-3-1-2-4-13(12)10-22/h1-6,9,11H,7-8,10H2. The van der Waals surface area contributed by atoms with Crippen molar-refractivity contribution in [3.63, 3.8) is 0 Å². The van der Waals surface area contributed by atoms with Crippen molar-refractivity contribution in [1.29, 1.82) is 0 Å². The molecular formula is C17H14BrN5O. The molecule has 1 aliphatic heterocycles. The summed E-state index contributed by atoms with van der Waals surface area (Å²) in [5, 5.41) is 11.2. The van der Waals surface area contributed by atoms with Crippen LogP contribution in [0.2, 0.25) is 0 Å². The van der Waals surface area contributed by atoms with Crippen LogP contribution in [-0.4, -0.2) is 37.6 Å². The maximum absolute atomic E-state index is 13.1. The van der Waals surface area contributed by atoms with Crippen LogP contribution in [0.1, 0.15) is 21.5 Å². The minimum absolute atomic E-state index is 0.0173. The number of benzene rings is 2. The van der Waals surface area contributed by atoms with Crippen molar-refractivity contribution < 1.29 is 4.79 Å². The van der Waals surface area contributed by atoms with Gasteiger partial charge in [-0.05, 0) is 46.2 Å². The first-order valence-corrected chi connectivity index (χ1v) is 8.40. The lowest BCUT2D eigenvalue weighted by atomic mass is 9.99. The molecule has 0 N–H and O–H groups in total. The van der Waals surface area contributed by atoms with Crippen molar-refractivity contribution >= 4 is 21.8 Å². The summed E-state index contributed by atoms with van der Waals surface area (Å²) in [6, 6.07) is 13.8. The third-order valence-corrected chi connectivity index (χ3v) is 4.70. The highest BCUT2D eigenvalue weighted by molar-refractivity contribution is 9.10. The van der Waals surface area contributed by atoms with Gasteiger partial charge in [-0.2, -0.15) is 4.68 Å². The predicted octanol–water partition coefficient (Wildman–Crippen LogP) is 2.62. The number of hydrogen-bond donors (Lipinski definition) is 0. The van der Waals surface area contributed by atoms with Crippen molar-refractivity contribution in [3.05, 3.63) is 70.0 Å². The number of amides is 1. The van der Waals surface area contributed by atoms with E-state index in [1.54, 1.807) is 0 Å². The molecule has 0 spiro atoms. The fourth-order valence-electron chi connectivity index (χ4n) is 2.99. The van der Waals surface area contributed by atoms with Gasteiger partial charge in [0.25, 0.3) is 5.91 Å². The van der Waals surface area contributed by atoms with Gasteiger partial charge >= 0.3 is 0 Å². The molecule has 4 rings (SSSR count). The van der Waals surface area contributed by atoms with Crippen LogP contribution in [0.3, 0.4) is 0 Å². The van der Waals surface area contributed by atoms with Crippen LogP contribution in [-0.2, 0) is 13.0 Å². The second-order valence-corrected chi connectivity index (χ2v) is 6.58. The lowest BCUT2D eigenvalue weighted by Crippen LogP contribution is -2.36. The lowest BCUT2D eigenvalue weighted by Gasteiger charge is -2.29. The van der Waals surface area contributed by atoms with Gasteiger partial charge in [0.05, 0.1) is 11.3 Å². The quantitative estimate of drug-likeness (QED) is 0.682. The molecule has 1 amide bonds. The Kier molecular flexibility index (Phi) is 3.86. The number of carbonyl (C=O) groups excluding carboxylic acids is 1. The van der Waals surface area contributed by atoms with E-state index in [-0.39, 0.29) is 5.91 Å². The fraction of sp³-hybridized carbons (Fsp3) is 0.176. The smallest absolute Gasteiger partial charge is 0.256 e. The molecule has 3 aromatic rings. The van der Waals surface area contributed by atoms with Crippen LogP contribution in [0, 0.1) is 0 Å². The fourth-order valence-corrected chi connectivity index (χ4v) is 3.35. The Bertz CT molecular complexity index is 894. The number of halogens is 1. The Hall–Kier alpha value is -2.54. The molecule has 6 nitrogen and oxygen atoms in total. The van der Waals surface area contributed by atoms with E-state index in [0.29, 0.717) is 24.3 Å². The first kappa shape index (κ1) is 15.0. The lowest BCUT2D eigenvalue weighted by molar-refractivity contribution is 0.0734. The number of aromatic nitrogens is 4. The van der Waals surface area contributed by atoms with E-state index in [2.05, 4.69) is 43.6 Å². The van der Waals surface area contributed by atoms with E-state index in [0.717, 1.165) is 10.9 Å². The van der Waals surface area contributed by atoms with Crippen LogP contribution in [0.5, 0.6) is 0 Å². The van der Waals surface area contributed by atoms with E-state index in [4.69, 9.17) is 0 Å². The highest BCUT2D eigenvalue weighted by Crippen LogP contribution is 2.24. The Morgan fingerprint density at radius 2 is 1.96 bits per heavy atom. The molecule has 0 unspecified atom stereocenters. The molecule has 0 saturated carbocycles. The highest BCUT2D eigenvalue weighted by atomic mass is 79.9. The van der Waals surface area contributed by atoms with Gasteiger partial charge in [0.2, 0.25) is 0 Å². The number of hydrogen-bond acceptors (Lipinski definition) is 4. The first-order chi connectivity index (χ1) is 11.7. The second kappa shape index (κ2) is 6.16. The summed E-state index contributed by atoms with van der Waals surface area (Å²) >= 11 is 3.45. The average molecular weight is 384 g/mol. The number of fused-ring (bicyclic) bond motifs is 1. The third kappa shape index (κ3) is 2.71. The minimum atomic E-state index is -0.0173. The van der Waals surface area contributed by atoms with E-state index in [1.807, 2.05) is 35.2 Å². The van der Waals surface area contributed by atoms with Crippen LogP contribution in [0.15, 0.2) is 53.3 Å². The zero-order chi connectivity index (χ0) is 16.5. The summed E-state index contributed by atoms with van der Waals surface area (Å²) in [6.45, 7) is 1.33. The summed E-state index contributed by atoms with van der Waals surface area (Å²) in [7, 11) is 0. The largest absolute Gasteiger partial charge is 0.334 e. The Morgan fingerprint density at radius 1 is 1.12 bits per heavy atom. The molecule has 0 saturated heterocycles. The molecule has 2 aromatic carbocycles. The molecule has 0 bridgehead atoms. The van der Waals surface area contributed by atoms with Crippen LogP contribution < -0.4 is 0 Å². The van der Waals surface area contributed by atoms with Crippen molar-refractivity contribution in [2.45, 2.75) is 13.0 Å². The maximum atomic E-state index is 13.1. The van der Waals surface area contributed by atoms with Crippen molar-refractivity contribution in [1.82, 2.24) is 25.1 Å². The number of nitrogens with zero attached hydrogens (tertiary/aromatic N) is 5. The monoisotopic (exact) mass is 383 g/mol. The number of carbonyl (C=O) groups is 1. The van der Waals surface area contributed by atoms with E-state index in [1.165, 1.54) is 22.1 Å². The molecule has 0 fully saturated rings. The zero-order valence-electron chi connectivity index (χ0n) is 12.8. The number of tetrazole rings is 1. The van der Waals surface area contributed by atoms with Crippen LogP contribution in [0.25, 0.3) is 5.69 Å².